The summed E-state index contributed by atoms with van der Waals surface area (Å²) in [7, 11) is 0. The molecule has 2 aliphatic rings. The van der Waals surface area contributed by atoms with E-state index >= 15 is 0 Å². The van der Waals surface area contributed by atoms with Crippen LogP contribution < -0.4 is 4.90 Å². The zero-order valence-corrected chi connectivity index (χ0v) is 16.1. The van der Waals surface area contributed by atoms with Crippen molar-refractivity contribution in [1.29, 1.82) is 0 Å². The van der Waals surface area contributed by atoms with E-state index in [1.165, 1.54) is 0 Å². The number of amides is 1. The van der Waals surface area contributed by atoms with Gasteiger partial charge in [-0.25, -0.2) is 0 Å². The smallest absolute Gasteiger partial charge is 0.258 e. The van der Waals surface area contributed by atoms with Gasteiger partial charge in [0.05, 0.1) is 12.3 Å². The van der Waals surface area contributed by atoms with Gasteiger partial charge in [-0.2, -0.15) is 0 Å². The predicted molar refractivity (Wildman–Crippen MR) is 112 cm³/mol. The van der Waals surface area contributed by atoms with Crippen molar-refractivity contribution in [3.05, 3.63) is 95.8 Å². The molecule has 2 aliphatic heterocycles. The third kappa shape index (κ3) is 3.03. The molecule has 1 aromatic heterocycles. The molecule has 146 valence electrons. The molecule has 0 radical (unpaired) electrons. The number of carbonyl (C=O) groups is 1. The molecule has 2 aromatic carbocycles. The van der Waals surface area contributed by atoms with Gasteiger partial charge in [0.25, 0.3) is 5.91 Å². The summed E-state index contributed by atoms with van der Waals surface area (Å²) in [6.45, 7) is 1.37. The molecule has 0 saturated carbocycles. The summed E-state index contributed by atoms with van der Waals surface area (Å²) >= 11 is 0. The number of carbonyl (C=O) groups excluding carboxylic acids is 1. The normalized spacial score (nSPS) is 23.1. The molecule has 3 heterocycles. The van der Waals surface area contributed by atoms with Gasteiger partial charge in [-0.05, 0) is 35.9 Å². The Bertz CT molecular complexity index is 1010. The average Bonchev–Trinajstić information content (AvgIpc) is 2.78. The molecule has 5 rings (SSSR count). The van der Waals surface area contributed by atoms with E-state index in [1.807, 2.05) is 71.6 Å². The highest BCUT2D eigenvalue weighted by Gasteiger charge is 2.53. The Hall–Kier alpha value is -3.02. The van der Waals surface area contributed by atoms with Gasteiger partial charge in [0.15, 0.2) is 0 Å². The van der Waals surface area contributed by atoms with Gasteiger partial charge in [0.2, 0.25) is 0 Å². The van der Waals surface area contributed by atoms with E-state index in [1.54, 1.807) is 6.20 Å². The molecular formula is C24H23N3O2. The number of para-hydroxylation sites is 1. The van der Waals surface area contributed by atoms with Crippen LogP contribution in [-0.4, -0.2) is 46.1 Å². The van der Waals surface area contributed by atoms with E-state index in [-0.39, 0.29) is 30.5 Å². The van der Waals surface area contributed by atoms with Crippen LogP contribution in [0.5, 0.6) is 0 Å². The molecule has 0 unspecified atom stereocenters. The van der Waals surface area contributed by atoms with E-state index < -0.39 is 0 Å². The molecule has 5 nitrogen and oxygen atoms in total. The predicted octanol–water partition coefficient (Wildman–Crippen LogP) is 3.07. The molecule has 0 spiro atoms. The van der Waals surface area contributed by atoms with Crippen LogP contribution in [0.15, 0.2) is 79.0 Å². The molecule has 1 saturated heterocycles. The summed E-state index contributed by atoms with van der Waals surface area (Å²) in [5.41, 5.74) is 3.77. The maximum atomic E-state index is 13.3. The third-order valence-electron chi connectivity index (χ3n) is 6.16. The van der Waals surface area contributed by atoms with Crippen molar-refractivity contribution in [2.45, 2.75) is 24.5 Å². The number of hydrogen-bond donors (Lipinski definition) is 1. The molecule has 1 N–H and O–H groups in total. The molecular weight excluding hydrogens is 362 g/mol. The van der Waals surface area contributed by atoms with Crippen LogP contribution in [0, 0.1) is 0 Å². The maximum absolute atomic E-state index is 13.3. The van der Waals surface area contributed by atoms with E-state index in [9.17, 15) is 9.90 Å². The van der Waals surface area contributed by atoms with Crippen molar-refractivity contribution in [2.75, 3.05) is 18.1 Å². The molecule has 5 heteroatoms. The number of pyridine rings is 1. The molecule has 0 bridgehead atoms. The summed E-state index contributed by atoms with van der Waals surface area (Å²) in [6.07, 6.45) is 1.79. The summed E-state index contributed by atoms with van der Waals surface area (Å²) in [6, 6.07) is 23.6. The monoisotopic (exact) mass is 385 g/mol. The quantitative estimate of drug-likeness (QED) is 0.750. The molecule has 0 aliphatic carbocycles. The van der Waals surface area contributed by atoms with Crippen LogP contribution in [0.25, 0.3) is 0 Å². The number of aliphatic hydroxyl groups excluding tert-OH is 1. The Labute approximate surface area is 170 Å². The first-order chi connectivity index (χ1) is 14.3. The number of aliphatic hydroxyl groups is 1. The highest BCUT2D eigenvalue weighted by Crippen LogP contribution is 2.48. The second-order valence-electron chi connectivity index (χ2n) is 7.68. The highest BCUT2D eigenvalue weighted by molar-refractivity contribution is 6.07. The van der Waals surface area contributed by atoms with Crippen molar-refractivity contribution in [1.82, 2.24) is 9.88 Å². The van der Waals surface area contributed by atoms with Gasteiger partial charge in [0.1, 0.15) is 0 Å². The molecule has 29 heavy (non-hydrogen) atoms. The van der Waals surface area contributed by atoms with Gasteiger partial charge in [-0.1, -0.05) is 42.5 Å². The average molecular weight is 385 g/mol. The van der Waals surface area contributed by atoms with Crippen molar-refractivity contribution >= 4 is 11.6 Å². The van der Waals surface area contributed by atoms with Crippen molar-refractivity contribution in [2.24, 2.45) is 0 Å². The number of anilines is 1. The van der Waals surface area contributed by atoms with Crippen LogP contribution in [0.1, 0.15) is 27.5 Å². The summed E-state index contributed by atoms with van der Waals surface area (Å²) in [4.78, 5) is 21.9. The number of benzene rings is 2. The van der Waals surface area contributed by atoms with E-state index in [0.717, 1.165) is 16.9 Å². The Morgan fingerprint density at radius 2 is 1.76 bits per heavy atom. The Balaban J connectivity index is 1.50. The van der Waals surface area contributed by atoms with Crippen molar-refractivity contribution < 1.29 is 9.90 Å². The molecule has 3 atom stereocenters. The van der Waals surface area contributed by atoms with E-state index in [0.29, 0.717) is 18.7 Å². The van der Waals surface area contributed by atoms with E-state index in [2.05, 4.69) is 16.0 Å². The zero-order valence-electron chi connectivity index (χ0n) is 16.1. The first-order valence-corrected chi connectivity index (χ1v) is 10.0. The fourth-order valence-corrected chi connectivity index (χ4v) is 4.81. The van der Waals surface area contributed by atoms with Gasteiger partial charge < -0.3 is 10.0 Å². The maximum Gasteiger partial charge on any atom is 0.258 e. The lowest BCUT2D eigenvalue weighted by molar-refractivity contribution is -0.0496. The second kappa shape index (κ2) is 7.43. The number of hydrogen-bond acceptors (Lipinski definition) is 4. The van der Waals surface area contributed by atoms with Crippen LogP contribution in [0.2, 0.25) is 0 Å². The minimum absolute atomic E-state index is 0.0155. The lowest BCUT2D eigenvalue weighted by Gasteiger charge is -2.59. The number of fused-ring (bicyclic) bond motifs is 3. The Kier molecular flexibility index (Phi) is 4.62. The lowest BCUT2D eigenvalue weighted by Crippen LogP contribution is -2.68. The Morgan fingerprint density at radius 3 is 2.52 bits per heavy atom. The molecule has 1 fully saturated rings. The number of likely N-dealkylation sites (tertiary alicyclic amines) is 1. The van der Waals surface area contributed by atoms with Crippen LogP contribution in [0.4, 0.5) is 5.69 Å². The van der Waals surface area contributed by atoms with Crippen LogP contribution in [-0.2, 0) is 6.54 Å². The van der Waals surface area contributed by atoms with E-state index in [4.69, 9.17) is 0 Å². The van der Waals surface area contributed by atoms with Gasteiger partial charge in [-0.3, -0.25) is 14.7 Å². The highest BCUT2D eigenvalue weighted by atomic mass is 16.3. The van der Waals surface area contributed by atoms with Gasteiger partial charge in [-0.15, -0.1) is 0 Å². The molecule has 1 amide bonds. The number of aromatic nitrogens is 1. The van der Waals surface area contributed by atoms with Crippen molar-refractivity contribution in [3.8, 4) is 0 Å². The summed E-state index contributed by atoms with van der Waals surface area (Å²) in [5.74, 6) is 0.237. The van der Waals surface area contributed by atoms with Gasteiger partial charge in [0, 0.05) is 48.5 Å². The first-order valence-electron chi connectivity index (χ1n) is 10.0. The molecule has 3 aromatic rings. The SMILES string of the molecule is O=C(c1ccccc1)N1C[C@@H]2[C@H](c3ccccc31)[C@H](CO)N2Cc1ccccn1. The largest absolute Gasteiger partial charge is 0.395 e. The fraction of sp³-hybridized carbons (Fsp3) is 0.250. The van der Waals surface area contributed by atoms with Crippen LogP contribution in [0.3, 0.4) is 0 Å². The first kappa shape index (κ1) is 18.0. The third-order valence-corrected chi connectivity index (χ3v) is 6.16. The summed E-state index contributed by atoms with van der Waals surface area (Å²) < 4.78 is 0. The standard InChI is InChI=1S/C24H23N3O2/c28-16-22-23-19-11-4-5-12-20(19)27(24(29)17-8-2-1-3-9-17)15-21(23)26(22)14-18-10-6-7-13-25-18/h1-13,21-23,28H,14-16H2/t21-,22+,23+/m1/s1. The lowest BCUT2D eigenvalue weighted by atomic mass is 9.71. The summed E-state index contributed by atoms with van der Waals surface area (Å²) in [5, 5.41) is 10.1. The zero-order chi connectivity index (χ0) is 19.8. The fourth-order valence-electron chi connectivity index (χ4n) is 4.81. The van der Waals surface area contributed by atoms with Gasteiger partial charge >= 0.3 is 0 Å². The topological polar surface area (TPSA) is 56.7 Å². The minimum Gasteiger partial charge on any atom is -0.395 e. The second-order valence-corrected chi connectivity index (χ2v) is 7.68. The van der Waals surface area contributed by atoms with Crippen LogP contribution >= 0.6 is 0 Å². The Morgan fingerprint density at radius 1 is 1.00 bits per heavy atom. The van der Waals surface area contributed by atoms with Crippen molar-refractivity contribution in [3.63, 3.8) is 0 Å². The number of nitrogens with zero attached hydrogens (tertiary/aromatic N) is 3. The minimum atomic E-state index is 0.0155. The number of rotatable bonds is 4.